The fraction of sp³-hybridized carbons (Fsp3) is 0.286. The minimum atomic E-state index is -0.364. The highest BCUT2D eigenvalue weighted by molar-refractivity contribution is 6.34. The Morgan fingerprint density at radius 3 is 2.55 bits per heavy atom. The summed E-state index contributed by atoms with van der Waals surface area (Å²) in [5, 5.41) is 9.07. The molecule has 1 heterocycles. The molecule has 0 bridgehead atoms. The number of benzene rings is 2. The maximum Gasteiger partial charge on any atom is 0.262 e. The van der Waals surface area contributed by atoms with Crippen LogP contribution < -0.4 is 10.1 Å². The number of rotatable bonds is 7. The molecule has 1 aliphatic heterocycles. The second-order valence-corrected chi connectivity index (χ2v) is 6.87. The van der Waals surface area contributed by atoms with Crippen molar-refractivity contribution < 1.29 is 19.1 Å². The number of hydrogen-bond acceptors (Lipinski definition) is 5. The molecule has 29 heavy (non-hydrogen) atoms. The van der Waals surface area contributed by atoms with Crippen LogP contribution in [0.3, 0.4) is 0 Å². The van der Waals surface area contributed by atoms with E-state index in [-0.39, 0.29) is 31.0 Å². The Labute approximate surface area is 174 Å². The van der Waals surface area contributed by atoms with Crippen molar-refractivity contribution in [2.45, 2.75) is 12.5 Å². The second kappa shape index (κ2) is 9.54. The molecule has 8 heteroatoms. The van der Waals surface area contributed by atoms with Crippen molar-refractivity contribution in [2.24, 2.45) is 5.10 Å². The summed E-state index contributed by atoms with van der Waals surface area (Å²) >= 11 is 6.33. The molecule has 0 aliphatic carbocycles. The number of ether oxygens (including phenoxy) is 2. The number of amides is 2. The molecule has 0 aromatic heterocycles. The third-order valence-corrected chi connectivity index (χ3v) is 4.89. The molecule has 0 unspecified atom stereocenters. The number of carbonyl (C=O) groups is 2. The summed E-state index contributed by atoms with van der Waals surface area (Å²) in [6.07, 6.45) is 0.508. The molecule has 2 aromatic carbocycles. The Bertz CT molecular complexity index is 914. The minimum Gasteiger partial charge on any atom is -0.497 e. The van der Waals surface area contributed by atoms with Gasteiger partial charge in [-0.15, -0.1) is 0 Å². The first-order valence-electron chi connectivity index (χ1n) is 9.07. The smallest absolute Gasteiger partial charge is 0.262 e. The number of carbonyl (C=O) groups excluding carboxylic acids is 2. The number of hydrazone groups is 1. The molecule has 1 atom stereocenters. The van der Waals surface area contributed by atoms with Gasteiger partial charge < -0.3 is 14.8 Å². The van der Waals surface area contributed by atoms with Gasteiger partial charge in [0.15, 0.2) is 0 Å². The molecule has 2 amide bonds. The molecule has 0 spiro atoms. The topological polar surface area (TPSA) is 80.2 Å². The van der Waals surface area contributed by atoms with Gasteiger partial charge in [0.05, 0.1) is 25.4 Å². The van der Waals surface area contributed by atoms with Crippen molar-refractivity contribution >= 4 is 29.1 Å². The molecule has 2 aromatic rings. The molecule has 0 radical (unpaired) electrons. The average Bonchev–Trinajstić information content (AvgIpc) is 3.18. The molecule has 0 fully saturated rings. The van der Waals surface area contributed by atoms with E-state index >= 15 is 0 Å². The van der Waals surface area contributed by atoms with Gasteiger partial charge >= 0.3 is 0 Å². The number of halogens is 1. The van der Waals surface area contributed by atoms with Gasteiger partial charge in [0.1, 0.15) is 12.4 Å². The Kier molecular flexibility index (Phi) is 6.85. The molecule has 152 valence electrons. The number of nitrogens with one attached hydrogen (secondary N) is 1. The van der Waals surface area contributed by atoms with E-state index in [1.165, 1.54) is 12.1 Å². The number of methoxy groups -OCH3 is 2. The minimum absolute atomic E-state index is 0.108. The Hall–Kier alpha value is -2.90. The van der Waals surface area contributed by atoms with Crippen molar-refractivity contribution in [3.8, 4) is 5.75 Å². The molecule has 0 saturated heterocycles. The predicted molar refractivity (Wildman–Crippen MR) is 110 cm³/mol. The van der Waals surface area contributed by atoms with Gasteiger partial charge in [-0.3, -0.25) is 9.59 Å². The summed E-state index contributed by atoms with van der Waals surface area (Å²) in [6.45, 7) is -0.280. The third-order valence-electron chi connectivity index (χ3n) is 4.56. The van der Waals surface area contributed by atoms with Crippen molar-refractivity contribution in [1.29, 1.82) is 0 Å². The van der Waals surface area contributed by atoms with Crippen LogP contribution in [0.5, 0.6) is 5.75 Å². The van der Waals surface area contributed by atoms with E-state index in [4.69, 9.17) is 21.1 Å². The highest BCUT2D eigenvalue weighted by Gasteiger charge is 2.33. The molecule has 1 N–H and O–H groups in total. The molecule has 7 nitrogen and oxygen atoms in total. The van der Waals surface area contributed by atoms with Crippen LogP contribution in [0.4, 0.5) is 0 Å². The Balaban J connectivity index is 1.86. The van der Waals surface area contributed by atoms with E-state index in [1.54, 1.807) is 13.2 Å². The maximum atomic E-state index is 12.8. The second-order valence-electron chi connectivity index (χ2n) is 6.47. The lowest BCUT2D eigenvalue weighted by molar-refractivity contribution is -0.135. The fourth-order valence-electron chi connectivity index (χ4n) is 3.12. The Morgan fingerprint density at radius 2 is 1.90 bits per heavy atom. The molecule has 3 rings (SSSR count). The molecule has 1 aliphatic rings. The molecular weight excluding hydrogens is 394 g/mol. The lowest BCUT2D eigenvalue weighted by Crippen LogP contribution is -2.39. The van der Waals surface area contributed by atoms with Crippen LogP contribution in [0, 0.1) is 0 Å². The number of nitrogens with zero attached hydrogens (tertiary/aromatic N) is 2. The third kappa shape index (κ3) is 4.93. The van der Waals surface area contributed by atoms with Gasteiger partial charge in [0.25, 0.3) is 5.91 Å². The van der Waals surface area contributed by atoms with Gasteiger partial charge in [0.2, 0.25) is 5.91 Å². The summed E-state index contributed by atoms with van der Waals surface area (Å²) in [4.78, 5) is 24.5. The first-order valence-corrected chi connectivity index (χ1v) is 9.45. The zero-order valence-electron chi connectivity index (χ0n) is 16.2. The lowest BCUT2D eigenvalue weighted by Gasteiger charge is -2.22. The largest absolute Gasteiger partial charge is 0.497 e. The van der Waals surface area contributed by atoms with Crippen LogP contribution in [-0.4, -0.2) is 49.9 Å². The van der Waals surface area contributed by atoms with Crippen molar-refractivity contribution in [2.75, 3.05) is 27.4 Å². The van der Waals surface area contributed by atoms with Gasteiger partial charge in [-0.25, -0.2) is 5.01 Å². The van der Waals surface area contributed by atoms with Crippen molar-refractivity contribution in [3.05, 3.63) is 64.7 Å². The van der Waals surface area contributed by atoms with Crippen LogP contribution >= 0.6 is 11.6 Å². The highest BCUT2D eigenvalue weighted by atomic mass is 35.5. The van der Waals surface area contributed by atoms with Gasteiger partial charge in [-0.2, -0.15) is 5.10 Å². The lowest BCUT2D eigenvalue weighted by atomic mass is 9.98. The first-order chi connectivity index (χ1) is 14.0. The van der Waals surface area contributed by atoms with Crippen LogP contribution in [0.25, 0.3) is 0 Å². The standard InChI is InChI=1S/C21H22ClN3O4/c1-28-13-20(26)23-12-21(27)25-19(14-7-9-15(29-2)10-8-14)11-18(24-25)16-5-3-4-6-17(16)22/h3-10,19H,11-13H2,1-2H3,(H,23,26)/t19-/m1/s1. The average molecular weight is 416 g/mol. The first kappa shape index (κ1) is 20.8. The monoisotopic (exact) mass is 415 g/mol. The zero-order valence-corrected chi connectivity index (χ0v) is 17.0. The van der Waals surface area contributed by atoms with E-state index < -0.39 is 0 Å². The van der Waals surface area contributed by atoms with Crippen molar-refractivity contribution in [3.63, 3.8) is 0 Å². The van der Waals surface area contributed by atoms with E-state index in [9.17, 15) is 9.59 Å². The zero-order chi connectivity index (χ0) is 20.8. The van der Waals surface area contributed by atoms with E-state index in [0.29, 0.717) is 17.2 Å². The van der Waals surface area contributed by atoms with Crippen molar-refractivity contribution in [1.82, 2.24) is 10.3 Å². The van der Waals surface area contributed by atoms with E-state index in [2.05, 4.69) is 10.4 Å². The molecular formula is C21H22ClN3O4. The molecule has 0 saturated carbocycles. The van der Waals surface area contributed by atoms with Crippen LogP contribution in [-0.2, 0) is 14.3 Å². The number of hydrogen-bond donors (Lipinski definition) is 1. The van der Waals surface area contributed by atoms with Crippen LogP contribution in [0.1, 0.15) is 23.6 Å². The van der Waals surface area contributed by atoms with Crippen LogP contribution in [0.2, 0.25) is 5.02 Å². The predicted octanol–water partition coefficient (Wildman–Crippen LogP) is 2.79. The van der Waals surface area contributed by atoms with Gasteiger partial charge in [0, 0.05) is 24.1 Å². The summed E-state index contributed by atoms with van der Waals surface area (Å²) in [6, 6.07) is 14.6. The van der Waals surface area contributed by atoms with E-state index in [0.717, 1.165) is 16.9 Å². The summed E-state index contributed by atoms with van der Waals surface area (Å²) in [7, 11) is 3.02. The summed E-state index contributed by atoms with van der Waals surface area (Å²) in [5.41, 5.74) is 2.41. The maximum absolute atomic E-state index is 12.8. The SMILES string of the molecule is COCC(=O)NCC(=O)N1N=C(c2ccccc2Cl)C[C@@H]1c1ccc(OC)cc1. The van der Waals surface area contributed by atoms with Gasteiger partial charge in [-0.1, -0.05) is 41.9 Å². The fourth-order valence-corrected chi connectivity index (χ4v) is 3.37. The van der Waals surface area contributed by atoms with Crippen LogP contribution in [0.15, 0.2) is 53.6 Å². The van der Waals surface area contributed by atoms with E-state index in [1.807, 2.05) is 42.5 Å². The quantitative estimate of drug-likeness (QED) is 0.754. The summed E-state index contributed by atoms with van der Waals surface area (Å²) in [5.74, 6) is 0.0392. The Morgan fingerprint density at radius 1 is 1.17 bits per heavy atom. The normalized spacial score (nSPS) is 15.8. The highest BCUT2D eigenvalue weighted by Crippen LogP contribution is 2.34. The van der Waals surface area contributed by atoms with Gasteiger partial charge in [-0.05, 0) is 23.8 Å². The summed E-state index contributed by atoms with van der Waals surface area (Å²) < 4.78 is 9.98.